The number of benzene rings is 1. The Morgan fingerprint density at radius 3 is 2.39 bits per heavy atom. The molecule has 0 atom stereocenters. The Morgan fingerprint density at radius 1 is 1.11 bits per heavy atom. The van der Waals surface area contributed by atoms with Crippen molar-refractivity contribution in [3.05, 3.63) is 65.2 Å². The van der Waals surface area contributed by atoms with Crippen molar-refractivity contribution < 1.29 is 35.9 Å². The quantitative estimate of drug-likeness (QED) is 0.378. The summed E-state index contributed by atoms with van der Waals surface area (Å²) in [6.07, 6.45) is -2.44. The molecule has 1 fully saturated rings. The first kappa shape index (κ1) is 27.6. The van der Waals surface area contributed by atoms with E-state index in [1.165, 1.54) is 18.3 Å². The summed E-state index contributed by atoms with van der Waals surface area (Å²) < 4.78 is 82.8. The smallest absolute Gasteiger partial charge is 0.418 e. The zero-order valence-corrected chi connectivity index (χ0v) is 21.3. The van der Waals surface area contributed by atoms with Crippen LogP contribution >= 0.6 is 11.6 Å². The van der Waals surface area contributed by atoms with Crippen LogP contribution in [-0.2, 0) is 21.0 Å². The van der Waals surface area contributed by atoms with Gasteiger partial charge in [-0.1, -0.05) is 11.6 Å². The summed E-state index contributed by atoms with van der Waals surface area (Å²) in [5.74, 6) is -1.77. The summed E-state index contributed by atoms with van der Waals surface area (Å²) in [4.78, 5) is 20.8. The summed E-state index contributed by atoms with van der Waals surface area (Å²) in [7, 11) is -4.32. The van der Waals surface area contributed by atoms with Gasteiger partial charge in [-0.3, -0.25) is 9.52 Å². The van der Waals surface area contributed by atoms with Crippen molar-refractivity contribution in [2.75, 3.05) is 22.7 Å². The lowest BCUT2D eigenvalue weighted by atomic mass is 9.80. The zero-order valence-electron chi connectivity index (χ0n) is 19.8. The van der Waals surface area contributed by atoms with Gasteiger partial charge in [0.1, 0.15) is 17.5 Å². The standard InChI is InChI=1S/C24H21ClF4N4O4S/c1-23(22(34)35)5-8-33(9-6-23)21-11-15(4-7-30-21)38(36,37)32-20-12-17(18(13-31-20)24(27,28)29)16-3-2-14(26)10-19(16)25/h2-4,7,10-13H,5-6,8-9H2,1H3,(H,31,32)(H,34,35). The minimum Gasteiger partial charge on any atom is -0.481 e. The van der Waals surface area contributed by atoms with Gasteiger partial charge in [0.25, 0.3) is 10.0 Å². The van der Waals surface area contributed by atoms with Gasteiger partial charge in [-0.2, -0.15) is 13.2 Å². The van der Waals surface area contributed by atoms with Crippen LogP contribution < -0.4 is 9.62 Å². The number of pyridine rings is 2. The third-order valence-electron chi connectivity index (χ3n) is 6.40. The Bertz CT molecular complexity index is 1490. The largest absolute Gasteiger partial charge is 0.481 e. The molecule has 1 aromatic carbocycles. The summed E-state index contributed by atoms with van der Waals surface area (Å²) in [6.45, 7) is 2.33. The molecule has 0 unspecified atom stereocenters. The number of aliphatic carboxylic acids is 1. The highest BCUT2D eigenvalue weighted by molar-refractivity contribution is 7.92. The molecule has 4 rings (SSSR count). The monoisotopic (exact) mass is 572 g/mol. The molecule has 38 heavy (non-hydrogen) atoms. The number of rotatable bonds is 6. The topological polar surface area (TPSA) is 112 Å². The normalized spacial score (nSPS) is 15.8. The van der Waals surface area contributed by atoms with E-state index in [1.54, 1.807) is 11.8 Å². The van der Waals surface area contributed by atoms with Crippen molar-refractivity contribution in [3.63, 3.8) is 0 Å². The second-order valence-electron chi connectivity index (χ2n) is 9.05. The third-order valence-corrected chi connectivity index (χ3v) is 8.07. The van der Waals surface area contributed by atoms with Gasteiger partial charge >= 0.3 is 12.1 Å². The molecule has 1 aliphatic heterocycles. The number of hydrogen-bond acceptors (Lipinski definition) is 6. The molecule has 0 radical (unpaired) electrons. The van der Waals surface area contributed by atoms with E-state index in [-0.39, 0.29) is 15.5 Å². The first-order chi connectivity index (χ1) is 17.7. The highest BCUT2D eigenvalue weighted by atomic mass is 35.5. The SMILES string of the molecule is CC1(C(=O)O)CCN(c2cc(S(=O)(=O)Nc3cc(-c4ccc(F)cc4Cl)c(C(F)(F)F)cn3)ccn2)CC1. The lowest BCUT2D eigenvalue weighted by Crippen LogP contribution is -2.43. The van der Waals surface area contributed by atoms with Crippen LogP contribution in [0.2, 0.25) is 5.02 Å². The molecule has 2 N–H and O–H groups in total. The van der Waals surface area contributed by atoms with Crippen molar-refractivity contribution in [1.29, 1.82) is 0 Å². The minimum absolute atomic E-state index is 0.159. The van der Waals surface area contributed by atoms with Gasteiger partial charge in [0, 0.05) is 42.7 Å². The van der Waals surface area contributed by atoms with Gasteiger partial charge in [-0.25, -0.2) is 22.8 Å². The zero-order chi connectivity index (χ0) is 27.9. The number of anilines is 2. The number of carboxylic acids is 1. The Labute approximate surface area is 220 Å². The Balaban J connectivity index is 1.63. The summed E-state index contributed by atoms with van der Waals surface area (Å²) in [5.41, 5.74) is -2.71. The maximum Gasteiger partial charge on any atom is 0.418 e. The number of sulfonamides is 1. The van der Waals surface area contributed by atoms with E-state index >= 15 is 0 Å². The molecule has 1 saturated heterocycles. The van der Waals surface area contributed by atoms with Crippen molar-refractivity contribution >= 4 is 39.2 Å². The lowest BCUT2D eigenvalue weighted by molar-refractivity contribution is -0.149. The van der Waals surface area contributed by atoms with Gasteiger partial charge in [0.15, 0.2) is 0 Å². The fourth-order valence-electron chi connectivity index (χ4n) is 4.05. The van der Waals surface area contributed by atoms with Crippen LogP contribution in [0.1, 0.15) is 25.3 Å². The number of alkyl halides is 3. The van der Waals surface area contributed by atoms with Crippen molar-refractivity contribution in [3.8, 4) is 11.1 Å². The number of carboxylic acid groups (broad SMARTS) is 1. The van der Waals surface area contributed by atoms with Crippen LogP contribution in [0, 0.1) is 11.2 Å². The molecule has 0 spiro atoms. The van der Waals surface area contributed by atoms with E-state index in [2.05, 4.69) is 14.7 Å². The van der Waals surface area contributed by atoms with Crippen LogP contribution in [0.3, 0.4) is 0 Å². The average Bonchev–Trinajstić information content (AvgIpc) is 2.83. The van der Waals surface area contributed by atoms with E-state index < -0.39 is 50.3 Å². The van der Waals surface area contributed by atoms with Crippen LogP contribution in [0.5, 0.6) is 0 Å². The summed E-state index contributed by atoms with van der Waals surface area (Å²) in [5, 5.41) is 9.12. The molecular formula is C24H21ClF4N4O4S. The fourth-order valence-corrected chi connectivity index (χ4v) is 5.32. The maximum absolute atomic E-state index is 13.7. The van der Waals surface area contributed by atoms with Crippen LogP contribution in [0.15, 0.2) is 53.7 Å². The molecule has 8 nitrogen and oxygen atoms in total. The molecular weight excluding hydrogens is 552 g/mol. The van der Waals surface area contributed by atoms with Crippen molar-refractivity contribution in [1.82, 2.24) is 9.97 Å². The first-order valence-electron chi connectivity index (χ1n) is 11.2. The van der Waals surface area contributed by atoms with Crippen molar-refractivity contribution in [2.24, 2.45) is 5.41 Å². The molecule has 0 amide bonds. The maximum atomic E-state index is 13.7. The Morgan fingerprint density at radius 2 is 1.79 bits per heavy atom. The molecule has 0 aliphatic carbocycles. The number of aromatic nitrogens is 2. The minimum atomic E-state index is -4.84. The summed E-state index contributed by atoms with van der Waals surface area (Å²) >= 11 is 5.98. The van der Waals surface area contributed by atoms with Gasteiger partial charge in [-0.05, 0) is 50.1 Å². The Hall–Kier alpha value is -3.45. The van der Waals surface area contributed by atoms with E-state index in [1.807, 2.05) is 0 Å². The van der Waals surface area contributed by atoms with E-state index in [0.29, 0.717) is 37.9 Å². The highest BCUT2D eigenvalue weighted by Gasteiger charge is 2.38. The third kappa shape index (κ3) is 5.68. The number of nitrogens with zero attached hydrogens (tertiary/aromatic N) is 3. The van der Waals surface area contributed by atoms with E-state index in [0.717, 1.165) is 24.3 Å². The predicted molar refractivity (Wildman–Crippen MR) is 132 cm³/mol. The molecule has 1 aliphatic rings. The second kappa shape index (κ2) is 10.0. The Kier molecular flexibility index (Phi) is 7.28. The van der Waals surface area contributed by atoms with Crippen LogP contribution in [-0.4, -0.2) is 42.6 Å². The first-order valence-corrected chi connectivity index (χ1v) is 13.1. The summed E-state index contributed by atoms with van der Waals surface area (Å²) in [6, 6.07) is 6.21. The number of carbonyl (C=O) groups is 1. The molecule has 202 valence electrons. The van der Waals surface area contributed by atoms with Crippen molar-refractivity contribution in [2.45, 2.75) is 30.8 Å². The molecule has 14 heteroatoms. The fraction of sp³-hybridized carbons (Fsp3) is 0.292. The van der Waals surface area contributed by atoms with Crippen LogP contribution in [0.25, 0.3) is 11.1 Å². The molecule has 0 bridgehead atoms. The van der Waals surface area contributed by atoms with E-state index in [9.17, 15) is 35.9 Å². The van der Waals surface area contributed by atoms with Gasteiger partial charge in [-0.15, -0.1) is 0 Å². The average molecular weight is 573 g/mol. The lowest BCUT2D eigenvalue weighted by Gasteiger charge is -2.37. The van der Waals surface area contributed by atoms with Gasteiger partial charge in [0.05, 0.1) is 20.9 Å². The van der Waals surface area contributed by atoms with Gasteiger partial charge in [0.2, 0.25) is 0 Å². The molecule has 3 aromatic rings. The highest BCUT2D eigenvalue weighted by Crippen LogP contribution is 2.40. The van der Waals surface area contributed by atoms with Gasteiger partial charge < -0.3 is 10.0 Å². The molecule has 2 aromatic heterocycles. The van der Waals surface area contributed by atoms with E-state index in [4.69, 9.17) is 11.6 Å². The predicted octanol–water partition coefficient (Wildman–Crippen LogP) is 5.45. The molecule has 0 saturated carbocycles. The van der Waals surface area contributed by atoms with Crippen LogP contribution in [0.4, 0.5) is 29.2 Å². The number of hydrogen-bond donors (Lipinski definition) is 2. The molecule has 3 heterocycles. The number of piperidine rings is 1. The number of halogens is 5. The number of nitrogens with one attached hydrogen (secondary N) is 1. The second-order valence-corrected chi connectivity index (χ2v) is 11.1.